The molecule has 2 saturated carbocycles. The zero-order valence-corrected chi connectivity index (χ0v) is 21.6. The smallest absolute Gasteiger partial charge is 0.191 e. The molecule has 0 saturated heterocycles. The Morgan fingerprint density at radius 3 is 2.76 bits per heavy atom. The molecule has 0 unspecified atom stereocenters. The molecule has 3 aromatic rings. The van der Waals surface area contributed by atoms with Gasteiger partial charge >= 0.3 is 0 Å². The van der Waals surface area contributed by atoms with E-state index in [4.69, 9.17) is 9.47 Å². The summed E-state index contributed by atoms with van der Waals surface area (Å²) in [5.41, 5.74) is 0. The fourth-order valence-corrected chi connectivity index (χ4v) is 6.78. The molecule has 2 bridgehead atoms. The first-order valence-corrected chi connectivity index (χ1v) is 13.7. The zero-order valence-electron chi connectivity index (χ0n) is 19.2. The fraction of sp³-hybridized carbons (Fsp3) is 0.462. The normalized spacial score (nSPS) is 22.1. The lowest BCUT2D eigenvalue weighted by molar-refractivity contribution is 0.215. The number of benzene rings is 2. The fourth-order valence-electron chi connectivity index (χ4n) is 5.54. The van der Waals surface area contributed by atoms with E-state index in [1.807, 2.05) is 24.3 Å². The topological polar surface area (TPSA) is 49.2 Å². The van der Waals surface area contributed by atoms with Crippen molar-refractivity contribution in [1.82, 2.24) is 14.8 Å². The van der Waals surface area contributed by atoms with E-state index >= 15 is 0 Å². The Morgan fingerprint density at radius 2 is 2.00 bits per heavy atom. The van der Waals surface area contributed by atoms with Crippen LogP contribution in [0.5, 0.6) is 11.5 Å². The molecule has 1 heterocycles. The Hall–Kier alpha value is -2.06. The predicted molar refractivity (Wildman–Crippen MR) is 135 cm³/mol. The highest BCUT2D eigenvalue weighted by Crippen LogP contribution is 2.52. The third kappa shape index (κ3) is 5.28. The molecular formula is C26H29BrFN3O2S. The Kier molecular flexibility index (Phi) is 7.44. The number of hydrogen-bond donors (Lipinski definition) is 0. The highest BCUT2D eigenvalue weighted by molar-refractivity contribution is 9.10. The second kappa shape index (κ2) is 10.7. The van der Waals surface area contributed by atoms with Crippen molar-refractivity contribution in [2.75, 3.05) is 12.4 Å². The maximum atomic E-state index is 14.1. The molecule has 0 aliphatic heterocycles. The molecule has 0 spiro atoms. The highest BCUT2D eigenvalue weighted by atomic mass is 79.9. The van der Waals surface area contributed by atoms with E-state index in [1.165, 1.54) is 31.7 Å². The molecule has 1 aromatic heterocycles. The number of thioether (sulfide) groups is 1. The van der Waals surface area contributed by atoms with E-state index in [0.717, 1.165) is 38.8 Å². The SMILES string of the molecule is C[C@@H]([C@@H]1C[C@H]2CC[C@H]1C2)n1c(COc2ccccc2F)nnc1SCCOc1cccc(Br)c1. The van der Waals surface area contributed by atoms with Crippen LogP contribution >= 0.6 is 27.7 Å². The first-order valence-electron chi connectivity index (χ1n) is 11.9. The molecular weight excluding hydrogens is 517 g/mol. The second-order valence-electron chi connectivity index (χ2n) is 9.22. The van der Waals surface area contributed by atoms with Crippen LogP contribution in [0.15, 0.2) is 58.2 Å². The largest absolute Gasteiger partial charge is 0.493 e. The van der Waals surface area contributed by atoms with Gasteiger partial charge in [0.2, 0.25) is 0 Å². The van der Waals surface area contributed by atoms with Crippen LogP contribution in [0.25, 0.3) is 0 Å². The molecule has 2 aliphatic carbocycles. The number of aromatic nitrogens is 3. The maximum Gasteiger partial charge on any atom is 0.191 e. The quantitative estimate of drug-likeness (QED) is 0.204. The molecule has 34 heavy (non-hydrogen) atoms. The van der Waals surface area contributed by atoms with Crippen molar-refractivity contribution >= 4 is 27.7 Å². The Bertz CT molecular complexity index is 1130. The summed E-state index contributed by atoms with van der Waals surface area (Å²) in [5.74, 6) is 4.47. The lowest BCUT2D eigenvalue weighted by atomic mass is 9.84. The summed E-state index contributed by atoms with van der Waals surface area (Å²) in [6.07, 6.45) is 5.31. The van der Waals surface area contributed by atoms with Crippen LogP contribution in [0.3, 0.4) is 0 Å². The molecule has 0 amide bonds. The summed E-state index contributed by atoms with van der Waals surface area (Å²) in [6.45, 7) is 3.04. The number of rotatable bonds is 10. The van der Waals surface area contributed by atoms with Crippen LogP contribution in [-0.2, 0) is 6.61 Å². The van der Waals surface area contributed by atoms with Crippen molar-refractivity contribution in [3.63, 3.8) is 0 Å². The van der Waals surface area contributed by atoms with Crippen LogP contribution in [-0.4, -0.2) is 27.1 Å². The van der Waals surface area contributed by atoms with Gasteiger partial charge in [-0.25, -0.2) is 4.39 Å². The summed E-state index contributed by atoms with van der Waals surface area (Å²) in [4.78, 5) is 0. The van der Waals surface area contributed by atoms with Crippen molar-refractivity contribution in [2.24, 2.45) is 17.8 Å². The van der Waals surface area contributed by atoms with Crippen molar-refractivity contribution in [3.8, 4) is 11.5 Å². The zero-order chi connectivity index (χ0) is 23.5. The monoisotopic (exact) mass is 545 g/mol. The third-order valence-electron chi connectivity index (χ3n) is 7.13. The van der Waals surface area contributed by atoms with Gasteiger partial charge in [-0.3, -0.25) is 4.57 Å². The lowest BCUT2D eigenvalue weighted by Crippen LogP contribution is -2.24. The van der Waals surface area contributed by atoms with E-state index in [1.54, 1.807) is 30.0 Å². The molecule has 5 nitrogen and oxygen atoms in total. The first kappa shape index (κ1) is 23.7. The van der Waals surface area contributed by atoms with E-state index in [9.17, 15) is 4.39 Å². The van der Waals surface area contributed by atoms with Gasteiger partial charge in [0.1, 0.15) is 12.4 Å². The van der Waals surface area contributed by atoms with Gasteiger partial charge in [-0.2, -0.15) is 0 Å². The number of hydrogen-bond acceptors (Lipinski definition) is 5. The number of para-hydroxylation sites is 1. The van der Waals surface area contributed by atoms with Crippen molar-refractivity contribution < 1.29 is 13.9 Å². The predicted octanol–water partition coefficient (Wildman–Crippen LogP) is 6.93. The average molecular weight is 547 g/mol. The standard InChI is InChI=1S/C26H29BrFN3O2S/c1-17(22-14-18-9-10-19(22)13-18)31-25(16-33-24-8-3-2-7-23(24)28)29-30-26(31)34-12-11-32-21-6-4-5-20(27)15-21/h2-8,15,17-19,22H,9-14,16H2,1H3/t17-,18-,19-,22-/m0/s1. The molecule has 2 aliphatic rings. The lowest BCUT2D eigenvalue weighted by Gasteiger charge is -2.30. The van der Waals surface area contributed by atoms with Crippen LogP contribution < -0.4 is 9.47 Å². The van der Waals surface area contributed by atoms with Crippen LogP contribution in [0.4, 0.5) is 4.39 Å². The van der Waals surface area contributed by atoms with Gasteiger partial charge < -0.3 is 9.47 Å². The molecule has 4 atom stereocenters. The molecule has 2 fully saturated rings. The van der Waals surface area contributed by atoms with Gasteiger partial charge in [0, 0.05) is 16.3 Å². The van der Waals surface area contributed by atoms with E-state index < -0.39 is 0 Å². The number of halogens is 2. The maximum absolute atomic E-state index is 14.1. The minimum Gasteiger partial charge on any atom is -0.493 e. The summed E-state index contributed by atoms with van der Waals surface area (Å²) < 4.78 is 29.0. The minimum absolute atomic E-state index is 0.189. The minimum atomic E-state index is -0.367. The van der Waals surface area contributed by atoms with E-state index in [0.29, 0.717) is 12.5 Å². The molecule has 2 aromatic carbocycles. The highest BCUT2D eigenvalue weighted by Gasteiger charge is 2.43. The molecule has 5 rings (SSSR count). The van der Waals surface area contributed by atoms with Gasteiger partial charge in [0.05, 0.1) is 6.61 Å². The Morgan fingerprint density at radius 1 is 1.12 bits per heavy atom. The summed E-state index contributed by atoms with van der Waals surface area (Å²) in [5, 5.41) is 9.84. The molecule has 0 radical (unpaired) electrons. The summed E-state index contributed by atoms with van der Waals surface area (Å²) in [6, 6.07) is 14.6. The van der Waals surface area contributed by atoms with Gasteiger partial charge in [0.15, 0.2) is 22.5 Å². The van der Waals surface area contributed by atoms with Gasteiger partial charge in [-0.15, -0.1) is 10.2 Å². The van der Waals surface area contributed by atoms with Crippen molar-refractivity contribution in [2.45, 2.75) is 50.4 Å². The average Bonchev–Trinajstić information content (AvgIpc) is 3.57. The molecule has 8 heteroatoms. The number of nitrogens with zero attached hydrogens (tertiary/aromatic N) is 3. The summed E-state index contributed by atoms with van der Waals surface area (Å²) >= 11 is 5.12. The van der Waals surface area contributed by atoms with E-state index in [2.05, 4.69) is 37.6 Å². The molecule has 0 N–H and O–H groups in total. The first-order chi connectivity index (χ1) is 16.6. The van der Waals surface area contributed by atoms with Crippen LogP contribution in [0.1, 0.15) is 44.5 Å². The summed E-state index contributed by atoms with van der Waals surface area (Å²) in [7, 11) is 0. The van der Waals surface area contributed by atoms with Crippen LogP contribution in [0.2, 0.25) is 0 Å². The van der Waals surface area contributed by atoms with Gasteiger partial charge in [-0.05, 0) is 74.3 Å². The van der Waals surface area contributed by atoms with Gasteiger partial charge in [-0.1, -0.05) is 52.3 Å². The Balaban J connectivity index is 1.29. The van der Waals surface area contributed by atoms with E-state index in [-0.39, 0.29) is 24.2 Å². The number of ether oxygens (including phenoxy) is 2. The third-order valence-corrected chi connectivity index (χ3v) is 8.53. The van der Waals surface area contributed by atoms with Crippen LogP contribution in [0, 0.1) is 23.6 Å². The number of fused-ring (bicyclic) bond motifs is 2. The van der Waals surface area contributed by atoms with Crippen molar-refractivity contribution in [3.05, 3.63) is 64.6 Å². The van der Waals surface area contributed by atoms with Gasteiger partial charge in [0.25, 0.3) is 0 Å². The van der Waals surface area contributed by atoms with Crippen molar-refractivity contribution in [1.29, 1.82) is 0 Å². The second-order valence-corrected chi connectivity index (χ2v) is 11.2. The molecule has 180 valence electrons. The Labute approximate surface area is 212 Å².